The van der Waals surface area contributed by atoms with Gasteiger partial charge in [-0.25, -0.2) is 0 Å². The molecule has 0 spiro atoms. The molecule has 0 bridgehead atoms. The summed E-state index contributed by atoms with van der Waals surface area (Å²) < 4.78 is 0. The van der Waals surface area contributed by atoms with Gasteiger partial charge in [0.15, 0.2) is 6.29 Å². The van der Waals surface area contributed by atoms with E-state index in [0.717, 1.165) is 25.9 Å². The lowest BCUT2D eigenvalue weighted by Crippen LogP contribution is -2.29. The third kappa shape index (κ3) is 2.78. The molecule has 0 saturated carbocycles. The minimum Gasteiger partial charge on any atom is -0.339 e. The van der Waals surface area contributed by atoms with Gasteiger partial charge in [-0.1, -0.05) is 6.07 Å². The van der Waals surface area contributed by atoms with Crippen LogP contribution in [0.4, 0.5) is 0 Å². The molecule has 1 amide bonds. The second-order valence-corrected chi connectivity index (χ2v) is 3.97. The Bertz CT molecular complexity index is 434. The summed E-state index contributed by atoms with van der Waals surface area (Å²) >= 11 is 0. The van der Waals surface area contributed by atoms with E-state index in [4.69, 9.17) is 0 Å². The maximum atomic E-state index is 12.0. The molecule has 0 N–H and O–H groups in total. The summed E-state index contributed by atoms with van der Waals surface area (Å²) in [6.45, 7) is 1.48. The van der Waals surface area contributed by atoms with Gasteiger partial charge in [-0.05, 0) is 31.1 Å². The van der Waals surface area contributed by atoms with E-state index in [1.807, 2.05) is 6.07 Å². The lowest BCUT2D eigenvalue weighted by molar-refractivity contribution is -0.127. The van der Waals surface area contributed by atoms with Crippen LogP contribution in [0.25, 0.3) is 6.08 Å². The third-order valence-corrected chi connectivity index (χ3v) is 2.76. The molecule has 1 aliphatic rings. The maximum Gasteiger partial charge on any atom is 0.257 e. The largest absolute Gasteiger partial charge is 0.339 e. The van der Waals surface area contributed by atoms with Crippen molar-refractivity contribution in [1.82, 2.24) is 9.88 Å². The summed E-state index contributed by atoms with van der Waals surface area (Å²) in [4.78, 5) is 28.7. The van der Waals surface area contributed by atoms with Crippen LogP contribution in [-0.2, 0) is 9.59 Å². The first kappa shape index (κ1) is 11.5. The molecular formula is C13H14N2O2. The molecule has 2 heterocycles. The highest BCUT2D eigenvalue weighted by atomic mass is 16.2. The lowest BCUT2D eigenvalue weighted by Gasteiger charge is -2.14. The van der Waals surface area contributed by atoms with E-state index in [9.17, 15) is 9.59 Å². The van der Waals surface area contributed by atoms with Gasteiger partial charge < -0.3 is 4.90 Å². The number of carbonyl (C=O) groups is 2. The van der Waals surface area contributed by atoms with Crippen LogP contribution in [0.2, 0.25) is 0 Å². The molecule has 1 aliphatic heterocycles. The predicted octanol–water partition coefficient (Wildman–Crippen LogP) is 1.29. The van der Waals surface area contributed by atoms with Gasteiger partial charge in [0.2, 0.25) is 0 Å². The van der Waals surface area contributed by atoms with Gasteiger partial charge in [0.05, 0.1) is 11.3 Å². The van der Waals surface area contributed by atoms with Crippen LogP contribution in [-0.4, -0.2) is 35.2 Å². The van der Waals surface area contributed by atoms with Crippen molar-refractivity contribution in [2.24, 2.45) is 0 Å². The van der Waals surface area contributed by atoms with E-state index in [1.54, 1.807) is 23.2 Å². The minimum absolute atomic E-state index is 0.172. The average Bonchev–Trinajstić information content (AvgIpc) is 2.90. The molecule has 4 nitrogen and oxygen atoms in total. The van der Waals surface area contributed by atoms with E-state index in [1.165, 1.54) is 6.08 Å². The van der Waals surface area contributed by atoms with Crippen molar-refractivity contribution in [2.45, 2.75) is 12.8 Å². The number of hydrogen-bond acceptors (Lipinski definition) is 3. The predicted molar refractivity (Wildman–Crippen MR) is 64.1 cm³/mol. The second-order valence-electron chi connectivity index (χ2n) is 3.97. The molecule has 0 aromatic carbocycles. The molecule has 1 aromatic heterocycles. The number of amides is 1. The van der Waals surface area contributed by atoms with E-state index in [-0.39, 0.29) is 11.5 Å². The van der Waals surface area contributed by atoms with Crippen molar-refractivity contribution >= 4 is 18.3 Å². The fraction of sp³-hybridized carbons (Fsp3) is 0.308. The van der Waals surface area contributed by atoms with Crippen molar-refractivity contribution < 1.29 is 9.59 Å². The highest BCUT2D eigenvalue weighted by Gasteiger charge is 2.21. The first-order chi connectivity index (χ1) is 8.31. The van der Waals surface area contributed by atoms with Crippen molar-refractivity contribution in [3.63, 3.8) is 0 Å². The quantitative estimate of drug-likeness (QED) is 0.340. The van der Waals surface area contributed by atoms with Crippen LogP contribution in [0.5, 0.6) is 0 Å². The fourth-order valence-electron chi connectivity index (χ4n) is 1.87. The van der Waals surface area contributed by atoms with Crippen molar-refractivity contribution in [3.8, 4) is 0 Å². The number of likely N-dealkylation sites (tertiary alicyclic amines) is 1. The second kappa shape index (κ2) is 5.39. The molecule has 1 aromatic rings. The summed E-state index contributed by atoms with van der Waals surface area (Å²) in [7, 11) is 0. The van der Waals surface area contributed by atoms with Crippen LogP contribution in [0, 0.1) is 0 Å². The first-order valence-electron chi connectivity index (χ1n) is 5.68. The zero-order valence-electron chi connectivity index (χ0n) is 9.50. The summed E-state index contributed by atoms with van der Waals surface area (Å²) in [5, 5.41) is 0. The van der Waals surface area contributed by atoms with E-state index in [2.05, 4.69) is 4.98 Å². The Morgan fingerprint density at radius 2 is 2.06 bits per heavy atom. The zero-order chi connectivity index (χ0) is 12.1. The number of pyridine rings is 1. The Balaban J connectivity index is 2.18. The Labute approximate surface area is 100.0 Å². The van der Waals surface area contributed by atoms with Gasteiger partial charge in [0.25, 0.3) is 5.91 Å². The maximum absolute atomic E-state index is 12.0. The molecular weight excluding hydrogens is 216 g/mol. The van der Waals surface area contributed by atoms with Gasteiger partial charge in [-0.2, -0.15) is 0 Å². The molecule has 0 atom stereocenters. The minimum atomic E-state index is -0.192. The molecule has 4 heteroatoms. The Morgan fingerprint density at radius 1 is 1.29 bits per heavy atom. The highest BCUT2D eigenvalue weighted by Crippen LogP contribution is 2.12. The smallest absolute Gasteiger partial charge is 0.257 e. The summed E-state index contributed by atoms with van der Waals surface area (Å²) in [6.07, 6.45) is 5.81. The molecule has 17 heavy (non-hydrogen) atoms. The SMILES string of the molecule is O=CC(=Cc1ccccn1)C(=O)N1CCCC1. The summed E-state index contributed by atoms with van der Waals surface area (Å²) in [5.41, 5.74) is 0.799. The normalized spacial score (nSPS) is 16.0. The summed E-state index contributed by atoms with van der Waals surface area (Å²) in [5.74, 6) is -0.192. The number of hydrogen-bond donors (Lipinski definition) is 0. The van der Waals surface area contributed by atoms with Crippen LogP contribution in [0.3, 0.4) is 0 Å². The van der Waals surface area contributed by atoms with Gasteiger partial charge in [0, 0.05) is 19.3 Å². The molecule has 2 rings (SSSR count). The Kier molecular flexibility index (Phi) is 3.65. The van der Waals surface area contributed by atoms with Gasteiger partial charge in [-0.3, -0.25) is 14.6 Å². The molecule has 88 valence electrons. The van der Waals surface area contributed by atoms with E-state index in [0.29, 0.717) is 12.0 Å². The van der Waals surface area contributed by atoms with Gasteiger partial charge in [-0.15, -0.1) is 0 Å². The van der Waals surface area contributed by atoms with Crippen LogP contribution < -0.4 is 0 Å². The Morgan fingerprint density at radius 3 is 2.65 bits per heavy atom. The van der Waals surface area contributed by atoms with Crippen LogP contribution >= 0.6 is 0 Å². The molecule has 0 unspecified atom stereocenters. The highest BCUT2D eigenvalue weighted by molar-refractivity contribution is 6.14. The average molecular weight is 230 g/mol. The van der Waals surface area contributed by atoms with Crippen LogP contribution in [0.15, 0.2) is 30.0 Å². The first-order valence-corrected chi connectivity index (χ1v) is 5.68. The number of carbonyl (C=O) groups excluding carboxylic acids is 2. The van der Waals surface area contributed by atoms with Crippen molar-refractivity contribution in [3.05, 3.63) is 35.7 Å². The van der Waals surface area contributed by atoms with Crippen LogP contribution in [0.1, 0.15) is 18.5 Å². The lowest BCUT2D eigenvalue weighted by atomic mass is 10.2. The van der Waals surface area contributed by atoms with Crippen molar-refractivity contribution in [1.29, 1.82) is 0 Å². The van der Waals surface area contributed by atoms with Gasteiger partial charge in [0.1, 0.15) is 0 Å². The monoisotopic (exact) mass is 230 g/mol. The number of rotatable bonds is 3. The molecule has 0 radical (unpaired) electrons. The standard InChI is InChI=1S/C13H14N2O2/c16-10-11(9-12-5-1-2-6-14-12)13(17)15-7-3-4-8-15/h1-2,5-6,9-10H,3-4,7-8H2. The van der Waals surface area contributed by atoms with Crippen molar-refractivity contribution in [2.75, 3.05) is 13.1 Å². The van der Waals surface area contributed by atoms with Gasteiger partial charge >= 0.3 is 0 Å². The number of nitrogens with zero attached hydrogens (tertiary/aromatic N) is 2. The topological polar surface area (TPSA) is 50.3 Å². The van der Waals surface area contributed by atoms with E-state index < -0.39 is 0 Å². The zero-order valence-corrected chi connectivity index (χ0v) is 9.50. The number of aldehydes is 1. The fourth-order valence-corrected chi connectivity index (χ4v) is 1.87. The third-order valence-electron chi connectivity index (χ3n) is 2.76. The summed E-state index contributed by atoms with van der Waals surface area (Å²) in [6, 6.07) is 5.38. The Hall–Kier alpha value is -1.97. The molecule has 0 aliphatic carbocycles. The van der Waals surface area contributed by atoms with E-state index >= 15 is 0 Å². The molecule has 1 fully saturated rings. The number of aromatic nitrogens is 1. The molecule has 1 saturated heterocycles.